The van der Waals surface area contributed by atoms with Crippen molar-refractivity contribution in [3.63, 3.8) is 0 Å². The van der Waals surface area contributed by atoms with Gasteiger partial charge < -0.3 is 15.1 Å². The third kappa shape index (κ3) is 4.16. The molecular weight excluding hydrogens is 336 g/mol. The van der Waals surface area contributed by atoms with Crippen LogP contribution in [0.1, 0.15) is 12.5 Å². The molecule has 1 aromatic heterocycles. The number of nitrogens with zero attached hydrogens (tertiary/aromatic N) is 5. The van der Waals surface area contributed by atoms with Gasteiger partial charge in [-0.2, -0.15) is 10.1 Å². The van der Waals surface area contributed by atoms with E-state index in [1.165, 1.54) is 11.3 Å². The maximum atomic E-state index is 4.65. The van der Waals surface area contributed by atoms with Crippen LogP contribution in [0.25, 0.3) is 0 Å². The van der Waals surface area contributed by atoms with E-state index in [0.29, 0.717) is 5.95 Å². The molecule has 0 spiro atoms. The van der Waals surface area contributed by atoms with E-state index >= 15 is 0 Å². The van der Waals surface area contributed by atoms with E-state index in [0.717, 1.165) is 44.1 Å². The van der Waals surface area contributed by atoms with E-state index in [4.69, 9.17) is 0 Å². The van der Waals surface area contributed by atoms with Gasteiger partial charge in [0.1, 0.15) is 0 Å². The molecule has 2 aromatic carbocycles. The molecule has 3 aromatic rings. The Bertz CT molecular complexity index is 857. The Hall–Kier alpha value is -3.15. The molecule has 1 aliphatic rings. The summed E-state index contributed by atoms with van der Waals surface area (Å²) >= 11 is 0. The molecule has 1 aliphatic heterocycles. The van der Waals surface area contributed by atoms with Gasteiger partial charge in [0, 0.05) is 37.6 Å². The number of benzene rings is 2. The Morgan fingerprint density at radius 2 is 1.59 bits per heavy atom. The monoisotopic (exact) mass is 360 g/mol. The topological polar surface area (TPSA) is 57.2 Å². The minimum atomic E-state index is 0.679. The van der Waals surface area contributed by atoms with Crippen molar-refractivity contribution in [3.05, 3.63) is 66.4 Å². The summed E-state index contributed by atoms with van der Waals surface area (Å²) in [7, 11) is 0. The third-order valence-corrected chi connectivity index (χ3v) is 4.87. The first-order chi connectivity index (χ1) is 13.3. The number of hydrogen-bond acceptors (Lipinski definition) is 6. The second kappa shape index (κ2) is 8.03. The number of rotatable bonds is 5. The predicted molar refractivity (Wildman–Crippen MR) is 110 cm³/mol. The zero-order chi connectivity index (χ0) is 18.5. The lowest BCUT2D eigenvalue weighted by Crippen LogP contribution is -2.47. The van der Waals surface area contributed by atoms with E-state index in [1.54, 1.807) is 6.20 Å². The first-order valence-electron chi connectivity index (χ1n) is 9.42. The smallest absolute Gasteiger partial charge is 0.247 e. The van der Waals surface area contributed by atoms with Crippen LogP contribution >= 0.6 is 0 Å². The summed E-state index contributed by atoms with van der Waals surface area (Å²) in [6, 6.07) is 18.9. The Morgan fingerprint density at radius 3 is 2.30 bits per heavy atom. The van der Waals surface area contributed by atoms with Gasteiger partial charge in [0.25, 0.3) is 0 Å². The maximum absolute atomic E-state index is 4.65. The van der Waals surface area contributed by atoms with Crippen LogP contribution in [0.15, 0.2) is 60.8 Å². The zero-order valence-corrected chi connectivity index (χ0v) is 15.5. The molecule has 0 radical (unpaired) electrons. The highest BCUT2D eigenvalue weighted by Crippen LogP contribution is 2.20. The first kappa shape index (κ1) is 17.3. The summed E-state index contributed by atoms with van der Waals surface area (Å²) in [6.07, 6.45) is 2.70. The van der Waals surface area contributed by atoms with E-state index in [9.17, 15) is 0 Å². The molecule has 1 saturated heterocycles. The Labute approximate surface area is 159 Å². The highest BCUT2D eigenvalue weighted by atomic mass is 15.4. The van der Waals surface area contributed by atoms with E-state index in [2.05, 4.69) is 85.8 Å². The lowest BCUT2D eigenvalue weighted by Gasteiger charge is -2.35. The van der Waals surface area contributed by atoms with Crippen molar-refractivity contribution in [1.29, 1.82) is 0 Å². The van der Waals surface area contributed by atoms with Crippen LogP contribution in [0.3, 0.4) is 0 Å². The van der Waals surface area contributed by atoms with Crippen LogP contribution in [-0.2, 0) is 6.42 Å². The van der Waals surface area contributed by atoms with Crippen molar-refractivity contribution in [2.24, 2.45) is 0 Å². The maximum Gasteiger partial charge on any atom is 0.247 e. The average molecular weight is 360 g/mol. The highest BCUT2D eigenvalue weighted by molar-refractivity contribution is 5.57. The quantitative estimate of drug-likeness (QED) is 0.751. The molecular formula is C21H24N6. The third-order valence-electron chi connectivity index (χ3n) is 4.87. The number of hydrogen-bond donors (Lipinski definition) is 1. The van der Waals surface area contributed by atoms with Crippen molar-refractivity contribution in [3.8, 4) is 0 Å². The lowest BCUT2D eigenvalue weighted by atomic mass is 10.1. The van der Waals surface area contributed by atoms with Gasteiger partial charge in [0.15, 0.2) is 5.82 Å². The Balaban J connectivity index is 1.40. The molecule has 6 nitrogen and oxygen atoms in total. The van der Waals surface area contributed by atoms with E-state index in [-0.39, 0.29) is 0 Å². The van der Waals surface area contributed by atoms with Gasteiger partial charge in [0.2, 0.25) is 5.95 Å². The molecule has 27 heavy (non-hydrogen) atoms. The minimum Gasteiger partial charge on any atom is -0.368 e. The van der Waals surface area contributed by atoms with Crippen molar-refractivity contribution >= 4 is 23.1 Å². The molecule has 0 unspecified atom stereocenters. The van der Waals surface area contributed by atoms with Crippen LogP contribution in [0.4, 0.5) is 23.1 Å². The van der Waals surface area contributed by atoms with Gasteiger partial charge in [-0.05, 0) is 36.2 Å². The second-order valence-electron chi connectivity index (χ2n) is 6.63. The predicted octanol–water partition coefficient (Wildman–Crippen LogP) is 3.50. The summed E-state index contributed by atoms with van der Waals surface area (Å²) in [5.74, 6) is 1.40. The first-order valence-corrected chi connectivity index (χ1v) is 9.42. The largest absolute Gasteiger partial charge is 0.368 e. The van der Waals surface area contributed by atoms with E-state index < -0.39 is 0 Å². The van der Waals surface area contributed by atoms with Crippen LogP contribution in [0.5, 0.6) is 0 Å². The SMILES string of the molecule is CCc1ccc(Nc2cnnc(N3CCN(c4ccccc4)CC3)n2)cc1. The number of para-hydroxylation sites is 1. The summed E-state index contributed by atoms with van der Waals surface area (Å²) < 4.78 is 0. The fourth-order valence-electron chi connectivity index (χ4n) is 3.26. The molecule has 0 saturated carbocycles. The van der Waals surface area contributed by atoms with Gasteiger partial charge in [-0.15, -0.1) is 5.10 Å². The molecule has 1 N–H and O–H groups in total. The van der Waals surface area contributed by atoms with Gasteiger partial charge in [-0.1, -0.05) is 37.3 Å². The molecule has 1 fully saturated rings. The number of piperazine rings is 1. The normalized spacial score (nSPS) is 14.3. The van der Waals surface area contributed by atoms with Crippen molar-refractivity contribution in [2.45, 2.75) is 13.3 Å². The number of nitrogens with one attached hydrogen (secondary N) is 1. The van der Waals surface area contributed by atoms with Crippen molar-refractivity contribution < 1.29 is 0 Å². The Kier molecular flexibility index (Phi) is 5.14. The zero-order valence-electron chi connectivity index (χ0n) is 15.5. The van der Waals surface area contributed by atoms with Gasteiger partial charge >= 0.3 is 0 Å². The summed E-state index contributed by atoms with van der Waals surface area (Å²) in [5.41, 5.74) is 3.59. The summed E-state index contributed by atoms with van der Waals surface area (Å²) in [4.78, 5) is 9.24. The lowest BCUT2D eigenvalue weighted by molar-refractivity contribution is 0.635. The molecule has 4 rings (SSSR count). The van der Waals surface area contributed by atoms with Crippen molar-refractivity contribution in [1.82, 2.24) is 15.2 Å². The fraction of sp³-hybridized carbons (Fsp3) is 0.286. The van der Waals surface area contributed by atoms with E-state index in [1.807, 2.05) is 6.07 Å². The minimum absolute atomic E-state index is 0.679. The molecule has 0 bridgehead atoms. The highest BCUT2D eigenvalue weighted by Gasteiger charge is 2.19. The Morgan fingerprint density at radius 1 is 0.889 bits per heavy atom. The number of anilines is 4. The molecule has 0 atom stereocenters. The van der Waals surface area contributed by atoms with Crippen LogP contribution < -0.4 is 15.1 Å². The number of aromatic nitrogens is 3. The van der Waals surface area contributed by atoms with Crippen LogP contribution in [0, 0.1) is 0 Å². The van der Waals surface area contributed by atoms with Gasteiger partial charge in [0.05, 0.1) is 6.20 Å². The summed E-state index contributed by atoms with van der Waals surface area (Å²) in [6.45, 7) is 5.81. The molecule has 2 heterocycles. The van der Waals surface area contributed by atoms with Crippen LogP contribution in [0.2, 0.25) is 0 Å². The number of aryl methyl sites for hydroxylation is 1. The second-order valence-corrected chi connectivity index (χ2v) is 6.63. The summed E-state index contributed by atoms with van der Waals surface area (Å²) in [5, 5.41) is 11.7. The molecule has 138 valence electrons. The molecule has 0 aliphatic carbocycles. The van der Waals surface area contributed by atoms with Gasteiger partial charge in [-0.25, -0.2) is 0 Å². The average Bonchev–Trinajstić information content (AvgIpc) is 2.75. The van der Waals surface area contributed by atoms with Crippen molar-refractivity contribution in [2.75, 3.05) is 41.3 Å². The molecule has 0 amide bonds. The van der Waals surface area contributed by atoms with Gasteiger partial charge in [-0.3, -0.25) is 0 Å². The fourth-order valence-corrected chi connectivity index (χ4v) is 3.26. The standard InChI is InChI=1S/C21H24N6/c1-2-17-8-10-18(11-9-17)23-20-16-22-25-21(24-20)27-14-12-26(13-15-27)19-6-4-3-5-7-19/h3-11,16H,2,12-15H2,1H3,(H,23,24,25). The van der Waals surface area contributed by atoms with Crippen LogP contribution in [-0.4, -0.2) is 41.4 Å². The molecule has 6 heteroatoms.